The third-order valence-electron chi connectivity index (χ3n) is 5.44. The molecule has 0 saturated carbocycles. The van der Waals surface area contributed by atoms with E-state index in [-0.39, 0.29) is 18.0 Å². The lowest BCUT2D eigenvalue weighted by Crippen LogP contribution is -2.51. The van der Waals surface area contributed by atoms with Gasteiger partial charge in [-0.3, -0.25) is 13.9 Å². The van der Waals surface area contributed by atoms with Crippen LogP contribution in [0.4, 0.5) is 5.69 Å². The second kappa shape index (κ2) is 13.0. The quantitative estimate of drug-likeness (QED) is 0.425. The Labute approximate surface area is 222 Å². The molecule has 2 aromatic rings. The van der Waals surface area contributed by atoms with Crippen LogP contribution < -0.4 is 19.1 Å². The molecule has 198 valence electrons. The van der Waals surface area contributed by atoms with Gasteiger partial charge < -0.3 is 19.7 Å². The summed E-state index contributed by atoms with van der Waals surface area (Å²) in [5, 5.41) is 3.40. The topological polar surface area (TPSA) is 105 Å². The first kappa shape index (κ1) is 29.5. The van der Waals surface area contributed by atoms with Gasteiger partial charge in [0.05, 0.1) is 26.2 Å². The Morgan fingerprint density at radius 3 is 2.25 bits per heavy atom. The minimum atomic E-state index is -3.96. The van der Waals surface area contributed by atoms with E-state index in [1.165, 1.54) is 25.2 Å². The number of benzene rings is 2. The summed E-state index contributed by atoms with van der Waals surface area (Å²) in [6.45, 7) is 3.18. The summed E-state index contributed by atoms with van der Waals surface area (Å²) < 4.78 is 37.1. The average molecular weight is 561 g/mol. The highest BCUT2D eigenvalue weighted by Crippen LogP contribution is 2.34. The van der Waals surface area contributed by atoms with Crippen molar-refractivity contribution in [2.75, 3.05) is 37.9 Å². The van der Waals surface area contributed by atoms with Gasteiger partial charge in [-0.25, -0.2) is 8.42 Å². The minimum Gasteiger partial charge on any atom is -0.497 e. The molecular weight excluding hydrogens is 529 g/mol. The Morgan fingerprint density at radius 2 is 1.72 bits per heavy atom. The zero-order chi connectivity index (χ0) is 27.0. The largest absolute Gasteiger partial charge is 0.497 e. The summed E-state index contributed by atoms with van der Waals surface area (Å²) in [6.07, 6.45) is 1.69. The predicted octanol–water partition coefficient (Wildman–Crippen LogP) is 3.72. The molecule has 12 heteroatoms. The summed E-state index contributed by atoms with van der Waals surface area (Å²) in [5.41, 5.74) is 0.556. The molecule has 0 spiro atoms. The van der Waals surface area contributed by atoms with Crippen LogP contribution in [0, 0.1) is 0 Å². The van der Waals surface area contributed by atoms with E-state index in [2.05, 4.69) is 5.32 Å². The molecule has 2 aromatic carbocycles. The fourth-order valence-corrected chi connectivity index (χ4v) is 4.78. The highest BCUT2D eigenvalue weighted by molar-refractivity contribution is 7.92. The number of nitrogens with one attached hydrogen (secondary N) is 1. The lowest BCUT2D eigenvalue weighted by Gasteiger charge is -2.32. The van der Waals surface area contributed by atoms with E-state index < -0.39 is 34.4 Å². The number of rotatable bonds is 12. The number of halogens is 2. The summed E-state index contributed by atoms with van der Waals surface area (Å²) in [7, 11) is -1.13. The molecule has 0 heterocycles. The highest BCUT2D eigenvalue weighted by atomic mass is 35.5. The van der Waals surface area contributed by atoms with Crippen LogP contribution in [0.3, 0.4) is 0 Å². The lowest BCUT2D eigenvalue weighted by molar-refractivity contribution is -0.139. The van der Waals surface area contributed by atoms with Gasteiger partial charge in [0, 0.05) is 34.8 Å². The fraction of sp³-hybridized carbons (Fsp3) is 0.417. The number of anilines is 1. The minimum absolute atomic E-state index is 0.106. The van der Waals surface area contributed by atoms with Gasteiger partial charge in [0.25, 0.3) is 0 Å². The third-order valence-corrected chi connectivity index (χ3v) is 7.28. The lowest BCUT2D eigenvalue weighted by atomic mass is 10.1. The first-order chi connectivity index (χ1) is 16.9. The molecule has 0 saturated heterocycles. The van der Waals surface area contributed by atoms with Crippen LogP contribution in [0.5, 0.6) is 11.5 Å². The summed E-state index contributed by atoms with van der Waals surface area (Å²) in [4.78, 5) is 27.7. The smallest absolute Gasteiger partial charge is 0.244 e. The van der Waals surface area contributed by atoms with E-state index in [1.807, 2.05) is 6.92 Å². The second-order valence-corrected chi connectivity index (χ2v) is 10.7. The number of methoxy groups -OCH3 is 2. The van der Waals surface area contributed by atoms with Gasteiger partial charge in [-0.1, -0.05) is 36.2 Å². The fourth-order valence-electron chi connectivity index (χ4n) is 3.42. The van der Waals surface area contributed by atoms with Crippen molar-refractivity contribution in [2.45, 2.75) is 32.9 Å². The second-order valence-electron chi connectivity index (χ2n) is 8.00. The van der Waals surface area contributed by atoms with E-state index in [9.17, 15) is 18.0 Å². The van der Waals surface area contributed by atoms with Crippen molar-refractivity contribution in [3.63, 3.8) is 0 Å². The molecular formula is C24H31Cl2N3O6S. The molecule has 1 N–H and O–H groups in total. The Kier molecular flexibility index (Phi) is 10.7. The van der Waals surface area contributed by atoms with Gasteiger partial charge in [-0.05, 0) is 37.6 Å². The molecule has 0 aliphatic heterocycles. The molecule has 0 aliphatic rings. The Morgan fingerprint density at radius 1 is 1.08 bits per heavy atom. The van der Waals surface area contributed by atoms with Gasteiger partial charge in [-0.15, -0.1) is 0 Å². The number of hydrogen-bond donors (Lipinski definition) is 1. The van der Waals surface area contributed by atoms with Gasteiger partial charge in [0.15, 0.2) is 0 Å². The first-order valence-electron chi connectivity index (χ1n) is 11.1. The number of amides is 2. The van der Waals surface area contributed by atoms with Crippen molar-refractivity contribution in [1.29, 1.82) is 0 Å². The molecule has 2 amide bonds. The third kappa shape index (κ3) is 7.41. The molecule has 0 radical (unpaired) electrons. The van der Waals surface area contributed by atoms with Crippen LogP contribution in [0.25, 0.3) is 0 Å². The SMILES string of the molecule is CCCNC(=O)C(C)N(Cc1c(Cl)cccc1Cl)C(=O)CN(c1cc(OC)ccc1OC)S(C)(=O)=O. The van der Waals surface area contributed by atoms with Crippen LogP contribution in [-0.2, 0) is 26.2 Å². The zero-order valence-corrected chi connectivity index (χ0v) is 23.2. The maximum atomic E-state index is 13.7. The molecule has 2 rings (SSSR count). The van der Waals surface area contributed by atoms with E-state index in [4.69, 9.17) is 32.7 Å². The van der Waals surface area contributed by atoms with Crippen LogP contribution in [0.1, 0.15) is 25.8 Å². The Bertz CT molecular complexity index is 1170. The van der Waals surface area contributed by atoms with Gasteiger partial charge in [-0.2, -0.15) is 0 Å². The number of carbonyl (C=O) groups is 2. The molecule has 1 atom stereocenters. The average Bonchev–Trinajstić information content (AvgIpc) is 2.84. The van der Waals surface area contributed by atoms with Gasteiger partial charge in [0.2, 0.25) is 21.8 Å². The van der Waals surface area contributed by atoms with E-state index in [0.29, 0.717) is 34.3 Å². The zero-order valence-electron chi connectivity index (χ0n) is 20.9. The summed E-state index contributed by atoms with van der Waals surface area (Å²) in [6, 6.07) is 8.58. The summed E-state index contributed by atoms with van der Waals surface area (Å²) in [5.74, 6) is -0.430. The van der Waals surface area contributed by atoms with E-state index >= 15 is 0 Å². The van der Waals surface area contributed by atoms with Crippen molar-refractivity contribution < 1.29 is 27.5 Å². The van der Waals surface area contributed by atoms with E-state index in [1.54, 1.807) is 37.3 Å². The van der Waals surface area contributed by atoms with Crippen LogP contribution >= 0.6 is 23.2 Å². The number of ether oxygens (including phenoxy) is 2. The molecule has 0 bridgehead atoms. The van der Waals surface area contributed by atoms with Crippen LogP contribution in [-0.4, -0.2) is 64.7 Å². The van der Waals surface area contributed by atoms with Crippen molar-refractivity contribution >= 4 is 50.7 Å². The number of hydrogen-bond acceptors (Lipinski definition) is 6. The monoisotopic (exact) mass is 559 g/mol. The summed E-state index contributed by atoms with van der Waals surface area (Å²) >= 11 is 12.7. The maximum Gasteiger partial charge on any atom is 0.244 e. The Hall–Kier alpha value is -2.69. The van der Waals surface area contributed by atoms with Crippen LogP contribution in [0.2, 0.25) is 10.0 Å². The first-order valence-corrected chi connectivity index (χ1v) is 13.7. The normalized spacial score (nSPS) is 12.0. The van der Waals surface area contributed by atoms with Crippen LogP contribution in [0.15, 0.2) is 36.4 Å². The van der Waals surface area contributed by atoms with Gasteiger partial charge in [0.1, 0.15) is 24.1 Å². The number of carbonyl (C=O) groups excluding carboxylic acids is 2. The molecule has 0 aromatic heterocycles. The number of nitrogens with zero attached hydrogens (tertiary/aromatic N) is 2. The van der Waals surface area contributed by atoms with Crippen molar-refractivity contribution in [3.8, 4) is 11.5 Å². The highest BCUT2D eigenvalue weighted by Gasteiger charge is 2.32. The Balaban J connectivity index is 2.52. The predicted molar refractivity (Wildman–Crippen MR) is 142 cm³/mol. The molecule has 9 nitrogen and oxygen atoms in total. The molecule has 1 unspecified atom stereocenters. The molecule has 0 fully saturated rings. The van der Waals surface area contributed by atoms with Crippen molar-refractivity contribution in [2.24, 2.45) is 0 Å². The van der Waals surface area contributed by atoms with Crippen molar-refractivity contribution in [1.82, 2.24) is 10.2 Å². The molecule has 0 aliphatic carbocycles. The maximum absolute atomic E-state index is 13.7. The number of sulfonamides is 1. The van der Waals surface area contributed by atoms with Crippen molar-refractivity contribution in [3.05, 3.63) is 52.0 Å². The molecule has 36 heavy (non-hydrogen) atoms. The van der Waals surface area contributed by atoms with E-state index in [0.717, 1.165) is 10.6 Å². The van der Waals surface area contributed by atoms with Gasteiger partial charge >= 0.3 is 0 Å². The standard InChI is InChI=1S/C24H31Cl2N3O6S/c1-6-12-27-24(31)16(2)28(14-18-19(25)8-7-9-20(18)26)23(30)15-29(36(5,32)33)21-13-17(34-3)10-11-22(21)35-4/h7-11,13,16H,6,12,14-15H2,1-5H3,(H,27,31).